The van der Waals surface area contributed by atoms with Crippen LogP contribution in [0.5, 0.6) is 5.75 Å². The second-order valence-electron chi connectivity index (χ2n) is 6.54. The molecule has 6 heteroatoms. The lowest BCUT2D eigenvalue weighted by molar-refractivity contribution is 0.103. The second-order valence-corrected chi connectivity index (χ2v) is 7.34. The van der Waals surface area contributed by atoms with Crippen LogP contribution in [0.4, 0.5) is 11.4 Å². The van der Waals surface area contributed by atoms with Gasteiger partial charge >= 0.3 is 0 Å². The number of anilines is 2. The summed E-state index contributed by atoms with van der Waals surface area (Å²) in [4.78, 5) is 13.8. The number of nitrogens with one attached hydrogen (secondary N) is 1. The van der Waals surface area contributed by atoms with Crippen molar-refractivity contribution >= 4 is 34.8 Å². The highest BCUT2D eigenvalue weighted by atomic mass is 32.2. The van der Waals surface area contributed by atoms with Crippen molar-refractivity contribution in [1.29, 1.82) is 0 Å². The summed E-state index contributed by atoms with van der Waals surface area (Å²) < 4.78 is 4.74. The van der Waals surface area contributed by atoms with Crippen LogP contribution in [-0.4, -0.2) is 10.9 Å². The van der Waals surface area contributed by atoms with Gasteiger partial charge in [0.1, 0.15) is 5.75 Å². The van der Waals surface area contributed by atoms with Gasteiger partial charge in [-0.1, -0.05) is 36.9 Å². The van der Waals surface area contributed by atoms with Gasteiger partial charge in [-0.2, -0.15) is 0 Å². The van der Waals surface area contributed by atoms with E-state index in [1.165, 1.54) is 6.07 Å². The Labute approximate surface area is 167 Å². The van der Waals surface area contributed by atoms with Crippen molar-refractivity contribution in [1.82, 2.24) is 0 Å². The Morgan fingerprint density at radius 1 is 1.04 bits per heavy atom. The topological polar surface area (TPSA) is 84.6 Å². The van der Waals surface area contributed by atoms with Gasteiger partial charge < -0.3 is 10.4 Å². The van der Waals surface area contributed by atoms with Gasteiger partial charge in [0.05, 0.1) is 28.2 Å². The van der Waals surface area contributed by atoms with Gasteiger partial charge in [0.15, 0.2) is 5.78 Å². The maximum Gasteiger partial charge on any atom is 0.198 e. The van der Waals surface area contributed by atoms with Gasteiger partial charge in [0.2, 0.25) is 0 Å². The zero-order valence-corrected chi connectivity index (χ0v) is 16.0. The van der Waals surface area contributed by atoms with Crippen LogP contribution in [0.2, 0.25) is 0 Å². The van der Waals surface area contributed by atoms with E-state index in [9.17, 15) is 9.90 Å². The first-order valence-corrected chi connectivity index (χ1v) is 9.36. The summed E-state index contributed by atoms with van der Waals surface area (Å²) >= 11 is 1.04. The second kappa shape index (κ2) is 7.16. The van der Waals surface area contributed by atoms with Crippen molar-refractivity contribution in [3.8, 4) is 5.75 Å². The van der Waals surface area contributed by atoms with Gasteiger partial charge in [0.25, 0.3) is 0 Å². The fraction of sp³-hybridized carbons (Fsp3) is 0.0455. The Hall–Kier alpha value is -3.06. The molecule has 0 atom stereocenters. The number of aryl methyl sites for hydroxylation is 1. The van der Waals surface area contributed by atoms with E-state index < -0.39 is 0 Å². The van der Waals surface area contributed by atoms with Gasteiger partial charge in [-0.05, 0) is 47.9 Å². The number of hydrogen-bond donors (Lipinski definition) is 3. The first-order valence-electron chi connectivity index (χ1n) is 8.61. The summed E-state index contributed by atoms with van der Waals surface area (Å²) in [7, 11) is 0. The molecule has 4 rings (SSSR count). The monoisotopic (exact) mass is 390 g/mol. The van der Waals surface area contributed by atoms with Crippen LogP contribution in [0.3, 0.4) is 0 Å². The number of carbonyl (C=O) groups is 1. The van der Waals surface area contributed by atoms with Crippen molar-refractivity contribution in [2.45, 2.75) is 11.8 Å². The predicted octanol–water partition coefficient (Wildman–Crippen LogP) is 4.95. The summed E-state index contributed by atoms with van der Waals surface area (Å²) in [6.45, 7) is 6.17. The van der Waals surface area contributed by atoms with E-state index >= 15 is 0 Å². The molecule has 0 unspecified atom stereocenters. The molecule has 0 saturated heterocycles. The SMILES string of the molecule is C=C1c2ccccc2C(=O)c2c(O)ccc(Nc3ccc(C)cc3SON)c21. The normalized spacial score (nSPS) is 12.5. The van der Waals surface area contributed by atoms with Crippen LogP contribution in [-0.2, 0) is 4.28 Å². The van der Waals surface area contributed by atoms with E-state index in [0.717, 1.165) is 33.8 Å². The molecule has 3 aromatic rings. The third-order valence-corrected chi connectivity index (χ3v) is 5.37. The Kier molecular flexibility index (Phi) is 4.68. The maximum atomic E-state index is 13.0. The van der Waals surface area contributed by atoms with Crippen molar-refractivity contribution in [3.05, 3.63) is 89.0 Å². The van der Waals surface area contributed by atoms with E-state index in [-0.39, 0.29) is 17.1 Å². The fourth-order valence-electron chi connectivity index (χ4n) is 3.45. The number of hydrogen-bond acceptors (Lipinski definition) is 6. The molecule has 0 aliphatic heterocycles. The predicted molar refractivity (Wildman–Crippen MR) is 112 cm³/mol. The minimum atomic E-state index is -0.219. The van der Waals surface area contributed by atoms with E-state index in [2.05, 4.69) is 11.9 Å². The summed E-state index contributed by atoms with van der Waals surface area (Å²) in [5.74, 6) is 4.96. The minimum absolute atomic E-state index is 0.0648. The van der Waals surface area contributed by atoms with Crippen molar-refractivity contribution in [3.63, 3.8) is 0 Å². The number of benzene rings is 3. The molecule has 0 spiro atoms. The number of fused-ring (bicyclic) bond motifs is 2. The number of rotatable bonds is 4. The molecule has 0 bridgehead atoms. The molecule has 1 aliphatic rings. The Bertz CT molecular complexity index is 1120. The zero-order valence-electron chi connectivity index (χ0n) is 15.2. The largest absolute Gasteiger partial charge is 0.507 e. The highest BCUT2D eigenvalue weighted by molar-refractivity contribution is 7.94. The van der Waals surface area contributed by atoms with Gasteiger partial charge in [0, 0.05) is 16.8 Å². The van der Waals surface area contributed by atoms with Crippen LogP contribution in [0.15, 0.2) is 66.1 Å². The zero-order chi connectivity index (χ0) is 19.8. The highest BCUT2D eigenvalue weighted by Gasteiger charge is 2.30. The lowest BCUT2D eigenvalue weighted by atomic mass is 9.80. The Morgan fingerprint density at radius 3 is 2.50 bits per heavy atom. The van der Waals surface area contributed by atoms with Crippen molar-refractivity contribution in [2.75, 3.05) is 5.32 Å². The van der Waals surface area contributed by atoms with Gasteiger partial charge in [-0.15, -0.1) is 0 Å². The summed E-state index contributed by atoms with van der Waals surface area (Å²) in [5, 5.41) is 13.7. The Balaban J connectivity index is 1.86. The molecule has 3 aromatic carbocycles. The van der Waals surface area contributed by atoms with Gasteiger partial charge in [-0.25, -0.2) is 10.2 Å². The number of nitrogens with two attached hydrogens (primary N) is 1. The number of carbonyl (C=O) groups excluding carboxylic acids is 1. The van der Waals surface area contributed by atoms with E-state index in [0.29, 0.717) is 22.4 Å². The molecule has 5 nitrogen and oxygen atoms in total. The molecular weight excluding hydrogens is 372 g/mol. The average molecular weight is 390 g/mol. The van der Waals surface area contributed by atoms with Crippen LogP contribution >= 0.6 is 12.0 Å². The smallest absolute Gasteiger partial charge is 0.198 e. The lowest BCUT2D eigenvalue weighted by Gasteiger charge is -2.25. The maximum absolute atomic E-state index is 13.0. The molecular formula is C22H18N2O3S. The average Bonchev–Trinajstić information content (AvgIpc) is 2.69. The standard InChI is InChI=1S/C22H18N2O3S/c1-12-7-8-16(19(11-12)28-27-23)24-17-9-10-18(25)21-20(17)13(2)14-5-3-4-6-15(14)22(21)26/h3-11,24-25H,2,23H2,1H3. The quantitative estimate of drug-likeness (QED) is 0.260. The van der Waals surface area contributed by atoms with Crippen molar-refractivity contribution in [2.24, 2.45) is 5.90 Å². The third-order valence-electron chi connectivity index (χ3n) is 4.75. The fourth-order valence-corrected chi connectivity index (χ4v) is 4.00. The minimum Gasteiger partial charge on any atom is -0.507 e. The molecule has 1 aliphatic carbocycles. The summed E-state index contributed by atoms with van der Waals surface area (Å²) in [6, 6.07) is 16.4. The molecule has 140 valence electrons. The highest BCUT2D eigenvalue weighted by Crippen LogP contribution is 2.44. The van der Waals surface area contributed by atoms with E-state index in [1.54, 1.807) is 18.2 Å². The first-order chi connectivity index (χ1) is 13.5. The third kappa shape index (κ3) is 2.97. The van der Waals surface area contributed by atoms with Crippen LogP contribution in [0.1, 0.15) is 32.6 Å². The molecule has 0 heterocycles. The molecule has 28 heavy (non-hydrogen) atoms. The van der Waals surface area contributed by atoms with E-state index in [1.807, 2.05) is 37.3 Å². The van der Waals surface area contributed by atoms with Gasteiger partial charge in [-0.3, -0.25) is 4.79 Å². The molecule has 0 aromatic heterocycles. The molecule has 0 radical (unpaired) electrons. The number of phenolic OH excluding ortho intramolecular Hbond substituents is 1. The van der Waals surface area contributed by atoms with Crippen molar-refractivity contribution < 1.29 is 14.2 Å². The molecule has 0 fully saturated rings. The Morgan fingerprint density at radius 2 is 1.75 bits per heavy atom. The van der Waals surface area contributed by atoms with Crippen LogP contribution in [0.25, 0.3) is 5.57 Å². The van der Waals surface area contributed by atoms with Crippen LogP contribution in [0, 0.1) is 6.92 Å². The first kappa shape index (κ1) is 18.3. The van der Waals surface area contributed by atoms with Crippen LogP contribution < -0.4 is 11.2 Å². The molecule has 0 amide bonds. The number of phenols is 1. The number of aromatic hydroxyl groups is 1. The summed E-state index contributed by atoms with van der Waals surface area (Å²) in [6.07, 6.45) is 0. The molecule has 4 N–H and O–H groups in total. The number of ketones is 1. The summed E-state index contributed by atoms with van der Waals surface area (Å²) in [5.41, 5.74) is 5.33. The molecule has 0 saturated carbocycles. The lowest BCUT2D eigenvalue weighted by Crippen LogP contribution is -2.15. The van der Waals surface area contributed by atoms with E-state index in [4.69, 9.17) is 10.2 Å².